The Balaban J connectivity index is 2.08. The van der Waals surface area contributed by atoms with E-state index in [1.807, 2.05) is 0 Å². The minimum absolute atomic E-state index is 0.547. The summed E-state index contributed by atoms with van der Waals surface area (Å²) in [6.07, 6.45) is 6.08. The molecule has 0 aromatic carbocycles. The van der Waals surface area contributed by atoms with Crippen LogP contribution in [0, 0.1) is 11.8 Å². The highest BCUT2D eigenvalue weighted by molar-refractivity contribution is 4.72. The van der Waals surface area contributed by atoms with Crippen LogP contribution in [0.15, 0.2) is 12.8 Å². The van der Waals surface area contributed by atoms with Crippen molar-refractivity contribution in [3.8, 4) is 0 Å². The Labute approximate surface area is 85.1 Å². The molecular formula is C11H19FO2. The molecular weight excluding hydrogens is 183 g/mol. The fraction of sp³-hybridized carbons (Fsp3) is 0.818. The summed E-state index contributed by atoms with van der Waals surface area (Å²) in [5, 5.41) is 0. The molecule has 3 heteroatoms. The van der Waals surface area contributed by atoms with E-state index in [-0.39, 0.29) is 0 Å². The zero-order valence-corrected chi connectivity index (χ0v) is 8.58. The number of hydrogen-bond donors (Lipinski definition) is 0. The number of ether oxygens (including phenoxy) is 2. The van der Waals surface area contributed by atoms with E-state index in [4.69, 9.17) is 9.47 Å². The van der Waals surface area contributed by atoms with Crippen LogP contribution >= 0.6 is 0 Å². The maximum absolute atomic E-state index is 11.7. The number of halogens is 1. The predicted molar refractivity (Wildman–Crippen MR) is 53.5 cm³/mol. The molecule has 0 saturated heterocycles. The van der Waals surface area contributed by atoms with Gasteiger partial charge in [0.25, 0.3) is 0 Å². The van der Waals surface area contributed by atoms with Crippen LogP contribution in [0.3, 0.4) is 0 Å². The van der Waals surface area contributed by atoms with Crippen molar-refractivity contribution >= 4 is 0 Å². The second-order valence-corrected chi connectivity index (χ2v) is 3.87. The molecule has 1 aliphatic rings. The Morgan fingerprint density at radius 2 is 1.71 bits per heavy atom. The van der Waals surface area contributed by atoms with Gasteiger partial charge < -0.3 is 9.47 Å². The van der Waals surface area contributed by atoms with Gasteiger partial charge in [0, 0.05) is 0 Å². The Kier molecular flexibility index (Phi) is 5.60. The molecule has 0 radical (unpaired) electrons. The van der Waals surface area contributed by atoms with Gasteiger partial charge in [-0.2, -0.15) is 0 Å². The lowest BCUT2D eigenvalue weighted by Crippen LogP contribution is -2.21. The first kappa shape index (κ1) is 11.5. The molecule has 0 aromatic rings. The summed E-state index contributed by atoms with van der Waals surface area (Å²) in [6.45, 7) is 4.22. The molecule has 0 bridgehead atoms. The third-order valence-electron chi connectivity index (χ3n) is 2.85. The van der Waals surface area contributed by atoms with Gasteiger partial charge in [-0.1, -0.05) is 6.58 Å². The summed E-state index contributed by atoms with van der Waals surface area (Å²) in [4.78, 5) is 0. The minimum Gasteiger partial charge on any atom is -0.502 e. The quantitative estimate of drug-likeness (QED) is 0.616. The lowest BCUT2D eigenvalue weighted by molar-refractivity contribution is 0.0194. The first-order valence-corrected chi connectivity index (χ1v) is 5.23. The average Bonchev–Trinajstić information content (AvgIpc) is 2.25. The lowest BCUT2D eigenvalue weighted by atomic mass is 9.83. The SMILES string of the molecule is C=COCC1CCC(COCF)CC1. The molecule has 1 aliphatic carbocycles. The van der Waals surface area contributed by atoms with Crippen LogP contribution in [0.2, 0.25) is 0 Å². The maximum atomic E-state index is 11.7. The number of alkyl halides is 1. The van der Waals surface area contributed by atoms with Gasteiger partial charge in [-0.25, -0.2) is 4.39 Å². The highest BCUT2D eigenvalue weighted by Crippen LogP contribution is 2.29. The van der Waals surface area contributed by atoms with Crippen molar-refractivity contribution in [3.05, 3.63) is 12.8 Å². The largest absolute Gasteiger partial charge is 0.502 e. The van der Waals surface area contributed by atoms with Crippen LogP contribution in [-0.2, 0) is 9.47 Å². The van der Waals surface area contributed by atoms with Crippen LogP contribution in [0.1, 0.15) is 25.7 Å². The van der Waals surface area contributed by atoms with Gasteiger partial charge in [-0.05, 0) is 37.5 Å². The Hall–Kier alpha value is -0.570. The van der Waals surface area contributed by atoms with E-state index in [1.165, 1.54) is 6.26 Å². The Bertz CT molecular complexity index is 153. The van der Waals surface area contributed by atoms with Gasteiger partial charge in [0.05, 0.1) is 19.5 Å². The van der Waals surface area contributed by atoms with E-state index < -0.39 is 6.86 Å². The van der Waals surface area contributed by atoms with Crippen molar-refractivity contribution in [3.63, 3.8) is 0 Å². The molecule has 0 aromatic heterocycles. The molecule has 0 atom stereocenters. The van der Waals surface area contributed by atoms with Crippen molar-refractivity contribution in [2.45, 2.75) is 25.7 Å². The first-order chi connectivity index (χ1) is 6.86. The molecule has 1 fully saturated rings. The molecule has 0 unspecified atom stereocenters. The van der Waals surface area contributed by atoms with E-state index in [9.17, 15) is 4.39 Å². The molecule has 0 heterocycles. The summed E-state index contributed by atoms with van der Waals surface area (Å²) in [5.74, 6) is 1.19. The summed E-state index contributed by atoms with van der Waals surface area (Å²) in [7, 11) is 0. The summed E-state index contributed by atoms with van der Waals surface area (Å²) < 4.78 is 21.7. The Morgan fingerprint density at radius 3 is 2.21 bits per heavy atom. The minimum atomic E-state index is -0.653. The average molecular weight is 202 g/mol. The van der Waals surface area contributed by atoms with E-state index in [1.54, 1.807) is 0 Å². The maximum Gasteiger partial charge on any atom is 0.188 e. The molecule has 2 nitrogen and oxygen atoms in total. The normalized spacial score (nSPS) is 27.2. The van der Waals surface area contributed by atoms with E-state index in [0.717, 1.165) is 32.3 Å². The van der Waals surface area contributed by atoms with Crippen molar-refractivity contribution in [2.75, 3.05) is 20.1 Å². The van der Waals surface area contributed by atoms with Crippen LogP contribution in [-0.4, -0.2) is 20.1 Å². The summed E-state index contributed by atoms with van der Waals surface area (Å²) >= 11 is 0. The smallest absolute Gasteiger partial charge is 0.188 e. The van der Waals surface area contributed by atoms with Crippen LogP contribution in [0.5, 0.6) is 0 Å². The molecule has 0 aliphatic heterocycles. The van der Waals surface area contributed by atoms with E-state index >= 15 is 0 Å². The van der Waals surface area contributed by atoms with Crippen molar-refractivity contribution < 1.29 is 13.9 Å². The molecule has 0 N–H and O–H groups in total. The second-order valence-electron chi connectivity index (χ2n) is 3.87. The monoisotopic (exact) mass is 202 g/mol. The number of rotatable bonds is 6. The molecule has 0 spiro atoms. The van der Waals surface area contributed by atoms with Crippen molar-refractivity contribution in [2.24, 2.45) is 11.8 Å². The van der Waals surface area contributed by atoms with Gasteiger partial charge in [0.15, 0.2) is 6.86 Å². The van der Waals surface area contributed by atoms with Gasteiger partial charge in [0.2, 0.25) is 0 Å². The molecule has 1 rings (SSSR count). The van der Waals surface area contributed by atoms with Gasteiger partial charge >= 0.3 is 0 Å². The first-order valence-electron chi connectivity index (χ1n) is 5.23. The second kappa shape index (κ2) is 6.82. The molecule has 0 amide bonds. The van der Waals surface area contributed by atoms with Gasteiger partial charge in [-0.3, -0.25) is 0 Å². The van der Waals surface area contributed by atoms with Crippen molar-refractivity contribution in [1.82, 2.24) is 0 Å². The zero-order valence-electron chi connectivity index (χ0n) is 8.58. The highest BCUT2D eigenvalue weighted by Gasteiger charge is 2.21. The third kappa shape index (κ3) is 4.09. The summed E-state index contributed by atoms with van der Waals surface area (Å²) in [5.41, 5.74) is 0. The molecule has 14 heavy (non-hydrogen) atoms. The van der Waals surface area contributed by atoms with E-state index in [0.29, 0.717) is 18.4 Å². The third-order valence-corrected chi connectivity index (χ3v) is 2.85. The summed E-state index contributed by atoms with van der Waals surface area (Å²) in [6, 6.07) is 0. The molecule has 82 valence electrons. The van der Waals surface area contributed by atoms with Gasteiger partial charge in [-0.15, -0.1) is 0 Å². The van der Waals surface area contributed by atoms with Crippen LogP contribution < -0.4 is 0 Å². The molecule has 1 saturated carbocycles. The fourth-order valence-electron chi connectivity index (χ4n) is 1.98. The van der Waals surface area contributed by atoms with Gasteiger partial charge in [0.1, 0.15) is 0 Å². The fourth-order valence-corrected chi connectivity index (χ4v) is 1.98. The van der Waals surface area contributed by atoms with E-state index in [2.05, 4.69) is 6.58 Å². The highest BCUT2D eigenvalue weighted by atomic mass is 19.1. The van der Waals surface area contributed by atoms with Crippen LogP contribution in [0.25, 0.3) is 0 Å². The zero-order chi connectivity index (χ0) is 10.2. The lowest BCUT2D eigenvalue weighted by Gasteiger charge is -2.27. The standard InChI is InChI=1S/C11H19FO2/c1-2-13-7-10-3-5-11(6-4-10)8-14-9-12/h2,10-11H,1,3-9H2. The Morgan fingerprint density at radius 1 is 1.14 bits per heavy atom. The van der Waals surface area contributed by atoms with Crippen molar-refractivity contribution in [1.29, 1.82) is 0 Å². The predicted octanol–water partition coefficient (Wildman–Crippen LogP) is 2.90. The van der Waals surface area contributed by atoms with Crippen LogP contribution in [0.4, 0.5) is 4.39 Å². The topological polar surface area (TPSA) is 18.5 Å². The number of hydrogen-bond acceptors (Lipinski definition) is 2.